The van der Waals surface area contributed by atoms with Gasteiger partial charge in [-0.05, 0) is 37.8 Å². The molecule has 1 saturated heterocycles. The Hall–Kier alpha value is -2.11. The third-order valence-electron chi connectivity index (χ3n) is 3.98. The Morgan fingerprint density at radius 3 is 2.81 bits per heavy atom. The van der Waals surface area contributed by atoms with E-state index in [-0.39, 0.29) is 24.3 Å². The van der Waals surface area contributed by atoms with Crippen molar-refractivity contribution < 1.29 is 9.59 Å². The number of nitrogens with one attached hydrogen (secondary N) is 1. The van der Waals surface area contributed by atoms with Crippen molar-refractivity contribution in [3.63, 3.8) is 0 Å². The first kappa shape index (κ1) is 13.9. The Morgan fingerprint density at radius 1 is 1.33 bits per heavy atom. The topological polar surface area (TPSA) is 88.3 Å². The minimum atomic E-state index is -0.313. The fourth-order valence-electron chi connectivity index (χ4n) is 2.66. The number of carbonyl (C=O) groups is 2. The largest absolute Gasteiger partial charge is 0.397 e. The van der Waals surface area contributed by atoms with Crippen LogP contribution in [0.1, 0.15) is 31.4 Å². The molecule has 0 radical (unpaired) electrons. The lowest BCUT2D eigenvalue weighted by Crippen LogP contribution is -2.47. The van der Waals surface area contributed by atoms with Gasteiger partial charge in [-0.2, -0.15) is 0 Å². The van der Waals surface area contributed by atoms with E-state index in [4.69, 9.17) is 5.73 Å². The van der Waals surface area contributed by atoms with Crippen LogP contribution < -0.4 is 11.1 Å². The number of carbonyl (C=O) groups excluding carboxylic acids is 2. The Bertz CT molecular complexity index is 539. The van der Waals surface area contributed by atoms with Crippen molar-refractivity contribution >= 4 is 17.5 Å². The van der Waals surface area contributed by atoms with Crippen molar-refractivity contribution in [2.24, 2.45) is 0 Å². The second kappa shape index (κ2) is 5.71. The highest BCUT2D eigenvalue weighted by Gasteiger charge is 2.36. The molecule has 6 nitrogen and oxygen atoms in total. The van der Waals surface area contributed by atoms with Gasteiger partial charge in [0.1, 0.15) is 6.04 Å². The number of hydrogen-bond donors (Lipinski definition) is 2. The zero-order chi connectivity index (χ0) is 14.8. The van der Waals surface area contributed by atoms with Crippen LogP contribution in [0.3, 0.4) is 0 Å². The molecule has 2 heterocycles. The van der Waals surface area contributed by atoms with E-state index in [2.05, 4.69) is 10.3 Å². The van der Waals surface area contributed by atoms with Gasteiger partial charge in [0.05, 0.1) is 18.3 Å². The molecule has 1 saturated carbocycles. The van der Waals surface area contributed by atoms with Gasteiger partial charge in [-0.25, -0.2) is 0 Å². The van der Waals surface area contributed by atoms with Crippen molar-refractivity contribution in [3.05, 3.63) is 24.0 Å². The predicted octanol–water partition coefficient (Wildman–Crippen LogP) is 0.476. The van der Waals surface area contributed by atoms with Gasteiger partial charge in [-0.3, -0.25) is 14.6 Å². The normalized spacial score (nSPS) is 21.3. The van der Waals surface area contributed by atoms with E-state index in [0.29, 0.717) is 24.0 Å². The van der Waals surface area contributed by atoms with Gasteiger partial charge in [0.2, 0.25) is 11.8 Å². The molecule has 1 atom stereocenters. The number of nitrogens with two attached hydrogens (primary N) is 1. The second-order valence-corrected chi connectivity index (χ2v) is 5.79. The van der Waals surface area contributed by atoms with Crippen LogP contribution in [0.2, 0.25) is 0 Å². The first-order valence-electron chi connectivity index (χ1n) is 7.44. The van der Waals surface area contributed by atoms with Crippen LogP contribution in [0.5, 0.6) is 0 Å². The van der Waals surface area contributed by atoms with Gasteiger partial charge < -0.3 is 16.0 Å². The minimum Gasteiger partial charge on any atom is -0.397 e. The Balaban J connectivity index is 1.62. The summed E-state index contributed by atoms with van der Waals surface area (Å²) in [6.45, 7) is 0.649. The number of nitrogens with zero attached hydrogens (tertiary/aromatic N) is 2. The zero-order valence-electron chi connectivity index (χ0n) is 11.9. The Morgan fingerprint density at radius 2 is 2.14 bits per heavy atom. The maximum Gasteiger partial charge on any atom is 0.243 e. The highest BCUT2D eigenvalue weighted by atomic mass is 16.2. The Kier molecular flexibility index (Phi) is 3.77. The summed E-state index contributed by atoms with van der Waals surface area (Å²) < 4.78 is 0. The molecule has 2 amide bonds. The highest BCUT2D eigenvalue weighted by Crippen LogP contribution is 2.23. The lowest BCUT2D eigenvalue weighted by Gasteiger charge is -2.24. The molecule has 21 heavy (non-hydrogen) atoms. The lowest BCUT2D eigenvalue weighted by molar-refractivity contribution is -0.138. The smallest absolute Gasteiger partial charge is 0.243 e. The van der Waals surface area contributed by atoms with Crippen LogP contribution in [0, 0.1) is 0 Å². The van der Waals surface area contributed by atoms with E-state index in [0.717, 1.165) is 25.7 Å². The van der Waals surface area contributed by atoms with Crippen molar-refractivity contribution in [1.29, 1.82) is 0 Å². The average molecular weight is 288 g/mol. The van der Waals surface area contributed by atoms with E-state index < -0.39 is 0 Å². The number of anilines is 1. The Labute approximate surface area is 123 Å². The summed E-state index contributed by atoms with van der Waals surface area (Å²) in [5, 5.41) is 2.99. The van der Waals surface area contributed by atoms with Crippen LogP contribution in [0.25, 0.3) is 0 Å². The van der Waals surface area contributed by atoms with E-state index >= 15 is 0 Å². The molecule has 0 spiro atoms. The molecule has 1 aromatic heterocycles. The van der Waals surface area contributed by atoms with Gasteiger partial charge >= 0.3 is 0 Å². The molecule has 3 rings (SSSR count). The number of amides is 2. The maximum absolute atomic E-state index is 12.4. The summed E-state index contributed by atoms with van der Waals surface area (Å²) in [5.74, 6) is -0.0469. The fourth-order valence-corrected chi connectivity index (χ4v) is 2.66. The molecular formula is C15H20N4O2. The molecule has 0 bridgehead atoms. The molecule has 1 unspecified atom stereocenters. The number of aromatic nitrogens is 1. The van der Waals surface area contributed by atoms with Crippen LogP contribution in [0.4, 0.5) is 5.69 Å². The molecule has 1 aromatic rings. The highest BCUT2D eigenvalue weighted by molar-refractivity contribution is 5.89. The molecule has 0 aromatic carbocycles. The summed E-state index contributed by atoms with van der Waals surface area (Å²) >= 11 is 0. The van der Waals surface area contributed by atoms with E-state index in [1.54, 1.807) is 23.2 Å². The number of likely N-dealkylation sites (tertiary alicyclic amines) is 1. The summed E-state index contributed by atoms with van der Waals surface area (Å²) in [4.78, 5) is 30.4. The number of nitrogen functional groups attached to an aromatic ring is 1. The molecule has 1 aliphatic heterocycles. The monoisotopic (exact) mass is 288 g/mol. The summed E-state index contributed by atoms with van der Waals surface area (Å²) in [6.07, 6.45) is 5.50. The minimum absolute atomic E-state index is 0.00591. The van der Waals surface area contributed by atoms with Gasteiger partial charge in [-0.1, -0.05) is 0 Å². The van der Waals surface area contributed by atoms with Crippen molar-refractivity contribution in [2.45, 2.75) is 44.2 Å². The number of hydrogen-bond acceptors (Lipinski definition) is 4. The first-order chi connectivity index (χ1) is 10.1. The number of rotatable bonds is 4. The van der Waals surface area contributed by atoms with Crippen LogP contribution in [0.15, 0.2) is 18.3 Å². The zero-order valence-corrected chi connectivity index (χ0v) is 11.9. The third-order valence-corrected chi connectivity index (χ3v) is 3.98. The van der Waals surface area contributed by atoms with Gasteiger partial charge in [0.15, 0.2) is 0 Å². The maximum atomic E-state index is 12.4. The first-order valence-corrected chi connectivity index (χ1v) is 7.44. The summed E-state index contributed by atoms with van der Waals surface area (Å²) in [5.41, 5.74) is 6.84. The van der Waals surface area contributed by atoms with E-state index in [1.807, 2.05) is 0 Å². The van der Waals surface area contributed by atoms with E-state index in [1.165, 1.54) is 0 Å². The SMILES string of the molecule is Nc1ccc(CC(=O)N2CCCC2C(=O)NC2CC2)nc1. The molecular weight excluding hydrogens is 268 g/mol. The third kappa shape index (κ3) is 3.32. The molecule has 1 aliphatic carbocycles. The molecule has 2 fully saturated rings. The van der Waals surface area contributed by atoms with Crippen molar-refractivity contribution in [1.82, 2.24) is 15.2 Å². The van der Waals surface area contributed by atoms with Crippen molar-refractivity contribution in [2.75, 3.05) is 12.3 Å². The van der Waals surface area contributed by atoms with Gasteiger partial charge in [-0.15, -0.1) is 0 Å². The van der Waals surface area contributed by atoms with Crippen molar-refractivity contribution in [3.8, 4) is 0 Å². The van der Waals surface area contributed by atoms with Gasteiger partial charge in [0, 0.05) is 18.3 Å². The summed E-state index contributed by atoms with van der Waals surface area (Å²) in [7, 11) is 0. The second-order valence-electron chi connectivity index (χ2n) is 5.79. The van der Waals surface area contributed by atoms with Crippen LogP contribution in [-0.4, -0.2) is 40.3 Å². The predicted molar refractivity (Wildman–Crippen MR) is 78.3 cm³/mol. The number of pyridine rings is 1. The summed E-state index contributed by atoms with van der Waals surface area (Å²) in [6, 6.07) is 3.50. The van der Waals surface area contributed by atoms with Gasteiger partial charge in [0.25, 0.3) is 0 Å². The van der Waals surface area contributed by atoms with Crippen LogP contribution in [-0.2, 0) is 16.0 Å². The average Bonchev–Trinajstić information content (AvgIpc) is 3.13. The van der Waals surface area contributed by atoms with Crippen LogP contribution >= 0.6 is 0 Å². The standard InChI is InChI=1S/C15H20N4O2/c16-10-3-4-12(17-9-10)8-14(20)19-7-1-2-13(19)15(21)18-11-5-6-11/h3-4,9,11,13H,1-2,5-8,16H2,(H,18,21). The quantitative estimate of drug-likeness (QED) is 0.843. The van der Waals surface area contributed by atoms with E-state index in [9.17, 15) is 9.59 Å². The molecule has 3 N–H and O–H groups in total. The lowest BCUT2D eigenvalue weighted by atomic mass is 10.2. The molecule has 112 valence electrons. The fraction of sp³-hybridized carbons (Fsp3) is 0.533. The molecule has 2 aliphatic rings. The molecule has 6 heteroatoms.